The maximum absolute atomic E-state index is 6.19. The monoisotopic (exact) mass is 589 g/mol. The molecule has 0 unspecified atom stereocenters. The van der Waals surface area contributed by atoms with Gasteiger partial charge < -0.3 is 18.9 Å². The van der Waals surface area contributed by atoms with Gasteiger partial charge in [0.05, 0.1) is 12.9 Å². The summed E-state index contributed by atoms with van der Waals surface area (Å²) in [6.07, 6.45) is 33.6. The molecule has 4 nitrogen and oxygen atoms in total. The number of benzene rings is 1. The third kappa shape index (κ3) is 27.5. The Morgan fingerprint density at radius 3 is 1.64 bits per heavy atom. The van der Waals surface area contributed by atoms with E-state index in [2.05, 4.69) is 32.1 Å². The van der Waals surface area contributed by atoms with E-state index in [1.807, 2.05) is 18.2 Å². The van der Waals surface area contributed by atoms with Gasteiger partial charge in [0, 0.05) is 13.2 Å². The Labute approximate surface area is 261 Å². The fourth-order valence-electron chi connectivity index (χ4n) is 5.18. The number of allylic oxidation sites excluding steroid dienone is 1. The summed E-state index contributed by atoms with van der Waals surface area (Å²) >= 11 is 0. The van der Waals surface area contributed by atoms with E-state index in [1.165, 1.54) is 140 Å². The third-order valence-electron chi connectivity index (χ3n) is 7.87. The first kappa shape index (κ1) is 38.7. The van der Waals surface area contributed by atoms with Crippen LogP contribution in [0.4, 0.5) is 0 Å². The molecule has 0 radical (unpaired) electrons. The molecule has 1 rings (SSSR count). The van der Waals surface area contributed by atoms with Gasteiger partial charge in [-0.1, -0.05) is 153 Å². The van der Waals surface area contributed by atoms with Crippen molar-refractivity contribution in [3.8, 4) is 0 Å². The van der Waals surface area contributed by atoms with E-state index >= 15 is 0 Å². The maximum atomic E-state index is 6.19. The van der Waals surface area contributed by atoms with Crippen molar-refractivity contribution in [2.24, 2.45) is 0 Å². The molecule has 1 aromatic rings. The molecule has 0 saturated carbocycles. The Morgan fingerprint density at radius 2 is 1.07 bits per heavy atom. The highest BCUT2D eigenvalue weighted by atomic mass is 16.7. The zero-order chi connectivity index (χ0) is 30.0. The van der Waals surface area contributed by atoms with Crippen molar-refractivity contribution >= 4 is 0 Å². The number of ether oxygens (including phenoxy) is 4. The number of hydrogen-bond donors (Lipinski definition) is 0. The number of rotatable bonds is 33. The molecule has 0 bridgehead atoms. The first-order valence-electron chi connectivity index (χ1n) is 18.0. The Morgan fingerprint density at radius 1 is 0.571 bits per heavy atom. The molecule has 0 aliphatic rings. The summed E-state index contributed by atoms with van der Waals surface area (Å²) in [5.41, 5.74) is 1.17. The molecule has 42 heavy (non-hydrogen) atoms. The second-order valence-corrected chi connectivity index (χ2v) is 12.0. The molecular formula is C38H68O4. The summed E-state index contributed by atoms with van der Waals surface area (Å²) in [6, 6.07) is 10.2. The lowest BCUT2D eigenvalue weighted by Crippen LogP contribution is -2.19. The molecule has 0 heterocycles. The van der Waals surface area contributed by atoms with E-state index < -0.39 is 0 Å². The average Bonchev–Trinajstić information content (AvgIpc) is 3.01. The number of unbranched alkanes of at least 4 members (excludes halogenated alkanes) is 19. The van der Waals surface area contributed by atoms with Crippen LogP contribution in [0.5, 0.6) is 0 Å². The van der Waals surface area contributed by atoms with Crippen LogP contribution < -0.4 is 0 Å². The van der Waals surface area contributed by atoms with Gasteiger partial charge in [-0.2, -0.15) is 0 Å². The molecule has 0 saturated heterocycles. The third-order valence-corrected chi connectivity index (χ3v) is 7.87. The zero-order valence-corrected chi connectivity index (χ0v) is 27.8. The van der Waals surface area contributed by atoms with E-state index in [-0.39, 0.29) is 6.29 Å². The minimum Gasteiger partial charge on any atom is -0.475 e. The summed E-state index contributed by atoms with van der Waals surface area (Å²) < 4.78 is 23.3. The normalized spacial score (nSPS) is 11.7. The van der Waals surface area contributed by atoms with Crippen molar-refractivity contribution in [3.63, 3.8) is 0 Å². The summed E-state index contributed by atoms with van der Waals surface area (Å²) in [5, 5.41) is 0. The van der Waals surface area contributed by atoms with Crippen LogP contribution in [0.1, 0.15) is 167 Å². The van der Waals surface area contributed by atoms with Crippen LogP contribution in [0, 0.1) is 0 Å². The summed E-state index contributed by atoms with van der Waals surface area (Å²) in [7, 11) is 0. The molecule has 0 amide bonds. The van der Waals surface area contributed by atoms with E-state index in [0.29, 0.717) is 13.4 Å². The predicted molar refractivity (Wildman–Crippen MR) is 180 cm³/mol. The topological polar surface area (TPSA) is 36.9 Å². The molecular weight excluding hydrogens is 520 g/mol. The minimum absolute atomic E-state index is 0.0116. The van der Waals surface area contributed by atoms with Gasteiger partial charge >= 0.3 is 0 Å². The lowest BCUT2D eigenvalue weighted by Gasteiger charge is -2.19. The minimum atomic E-state index is 0.0116. The molecule has 0 aliphatic carbocycles. The molecule has 0 atom stereocenters. The summed E-state index contributed by atoms with van der Waals surface area (Å²) in [6.45, 7) is 7.18. The van der Waals surface area contributed by atoms with Gasteiger partial charge in [0.25, 0.3) is 0 Å². The SMILES string of the molecule is CCCCCCCCOC(CCCCCCCCCCCC=COCOCc1ccccc1)OCCCCCCCC. The fraction of sp³-hybridized carbons (Fsp3) is 0.789. The number of hydrogen-bond acceptors (Lipinski definition) is 4. The smallest absolute Gasteiger partial charge is 0.188 e. The van der Waals surface area contributed by atoms with Gasteiger partial charge in [0.2, 0.25) is 0 Å². The second kappa shape index (κ2) is 32.6. The first-order valence-corrected chi connectivity index (χ1v) is 18.0. The average molecular weight is 589 g/mol. The molecule has 0 aromatic heterocycles. The molecule has 244 valence electrons. The largest absolute Gasteiger partial charge is 0.475 e. The van der Waals surface area contributed by atoms with Crippen molar-refractivity contribution in [1.29, 1.82) is 0 Å². The molecule has 1 aromatic carbocycles. The molecule has 0 N–H and O–H groups in total. The first-order chi connectivity index (χ1) is 20.9. The van der Waals surface area contributed by atoms with Crippen LogP contribution in [0.3, 0.4) is 0 Å². The van der Waals surface area contributed by atoms with Crippen molar-refractivity contribution in [3.05, 3.63) is 48.2 Å². The van der Waals surface area contributed by atoms with Crippen LogP contribution in [0.25, 0.3) is 0 Å². The van der Waals surface area contributed by atoms with Gasteiger partial charge in [0.1, 0.15) is 0 Å². The van der Waals surface area contributed by atoms with Gasteiger partial charge in [-0.05, 0) is 50.2 Å². The molecule has 0 fully saturated rings. The highest BCUT2D eigenvalue weighted by Gasteiger charge is 2.09. The predicted octanol–water partition coefficient (Wildman–Crippen LogP) is 12.1. The van der Waals surface area contributed by atoms with Crippen molar-refractivity contribution in [1.82, 2.24) is 0 Å². The molecule has 0 aliphatic heterocycles. The Bertz CT molecular complexity index is 644. The summed E-state index contributed by atoms with van der Waals surface area (Å²) in [5.74, 6) is 0. The van der Waals surface area contributed by atoms with Crippen molar-refractivity contribution in [2.75, 3.05) is 20.0 Å². The van der Waals surface area contributed by atoms with Crippen molar-refractivity contribution < 1.29 is 18.9 Å². The van der Waals surface area contributed by atoms with E-state index in [1.54, 1.807) is 6.26 Å². The van der Waals surface area contributed by atoms with Crippen LogP contribution in [0.2, 0.25) is 0 Å². The quantitative estimate of drug-likeness (QED) is 0.0465. The van der Waals surface area contributed by atoms with E-state index in [9.17, 15) is 0 Å². The highest BCUT2D eigenvalue weighted by molar-refractivity contribution is 5.13. The van der Waals surface area contributed by atoms with Gasteiger partial charge in [-0.15, -0.1) is 0 Å². The Hall–Kier alpha value is -1.36. The van der Waals surface area contributed by atoms with Crippen LogP contribution in [-0.2, 0) is 25.6 Å². The summed E-state index contributed by atoms with van der Waals surface area (Å²) in [4.78, 5) is 0. The Balaban J connectivity index is 1.96. The van der Waals surface area contributed by atoms with E-state index in [0.717, 1.165) is 26.1 Å². The fourth-order valence-corrected chi connectivity index (χ4v) is 5.18. The highest BCUT2D eigenvalue weighted by Crippen LogP contribution is 2.15. The lowest BCUT2D eigenvalue weighted by molar-refractivity contribution is -0.148. The maximum Gasteiger partial charge on any atom is 0.188 e. The standard InChI is InChI=1S/C38H68O4/c1-3-5-7-9-20-27-33-41-38(42-34-28-21-10-8-6-4-2)31-25-18-16-14-12-11-13-15-17-19-26-32-39-36-40-35-37-29-23-22-24-30-37/h22-24,26,29-30,32,38H,3-21,25,27-28,31,33-36H2,1-2H3. The van der Waals surface area contributed by atoms with Crippen molar-refractivity contribution in [2.45, 2.75) is 174 Å². The Kier molecular flexibility index (Phi) is 30.0. The van der Waals surface area contributed by atoms with Gasteiger partial charge in [0.15, 0.2) is 13.1 Å². The lowest BCUT2D eigenvalue weighted by atomic mass is 10.1. The zero-order valence-electron chi connectivity index (χ0n) is 27.8. The second-order valence-electron chi connectivity index (χ2n) is 12.0. The van der Waals surface area contributed by atoms with Gasteiger partial charge in [-0.25, -0.2) is 0 Å². The van der Waals surface area contributed by atoms with Crippen LogP contribution in [-0.4, -0.2) is 26.3 Å². The van der Waals surface area contributed by atoms with E-state index in [4.69, 9.17) is 18.9 Å². The molecule has 0 spiro atoms. The molecule has 4 heteroatoms. The van der Waals surface area contributed by atoms with Crippen LogP contribution in [0.15, 0.2) is 42.7 Å². The van der Waals surface area contributed by atoms with Crippen LogP contribution >= 0.6 is 0 Å². The van der Waals surface area contributed by atoms with Gasteiger partial charge in [-0.3, -0.25) is 0 Å².